The van der Waals surface area contributed by atoms with E-state index in [-0.39, 0.29) is 31.7 Å². The Balaban J connectivity index is 1.17. The van der Waals surface area contributed by atoms with Crippen molar-refractivity contribution in [2.24, 2.45) is 0 Å². The molecule has 0 radical (unpaired) electrons. The summed E-state index contributed by atoms with van der Waals surface area (Å²) in [6.07, 6.45) is 2.43. The maximum Gasteiger partial charge on any atom is 0.329 e. The number of nitrogens with one attached hydrogen (secondary N) is 1. The van der Waals surface area contributed by atoms with E-state index in [1.165, 1.54) is 6.20 Å². The van der Waals surface area contributed by atoms with Crippen LogP contribution in [0.3, 0.4) is 0 Å². The number of pyridine rings is 1. The molecule has 1 atom stereocenters. The molecule has 49 heavy (non-hydrogen) atoms. The number of hydrazine groups is 1. The van der Waals surface area contributed by atoms with Crippen molar-refractivity contribution in [1.82, 2.24) is 19.9 Å². The molecule has 0 amide bonds. The number of ketones is 1. The van der Waals surface area contributed by atoms with Crippen LogP contribution in [0.2, 0.25) is 0 Å². The highest BCUT2D eigenvalue weighted by molar-refractivity contribution is 7.73. The molecule has 2 aliphatic rings. The number of fused-ring (bicyclic) bond motifs is 1. The van der Waals surface area contributed by atoms with Crippen LogP contribution in [0.5, 0.6) is 0 Å². The number of aliphatic carboxylic acids is 1. The Hall–Kier alpha value is -4.51. The summed E-state index contributed by atoms with van der Waals surface area (Å²) >= 11 is 0. The predicted octanol–water partition coefficient (Wildman–Crippen LogP) is 3.64. The number of ether oxygens (including phenoxy) is 1. The Bertz CT molecular complexity index is 1910. The smallest absolute Gasteiger partial charge is 0.329 e. The van der Waals surface area contributed by atoms with Gasteiger partial charge in [0.05, 0.1) is 12.1 Å². The summed E-state index contributed by atoms with van der Waals surface area (Å²) in [5.41, 5.74) is 1.28. The molecule has 2 N–H and O–H groups in total. The third kappa shape index (κ3) is 7.56. The molecule has 2 aliphatic heterocycles. The molecule has 260 valence electrons. The normalized spacial score (nSPS) is 17.3. The van der Waals surface area contributed by atoms with Crippen LogP contribution in [-0.2, 0) is 20.4 Å². The highest BCUT2D eigenvalue weighted by Crippen LogP contribution is 2.32. The SMILES string of the molecule is O=C(O)COCCCN1CCN(c2ccc(-c3cnc4[nH]cc(C(=O)c5c(F)ccc(N(N6CC[C@@H](F)C6)[SH](=O)=O)c5F)c4c3)cc2)CC1. The number of thiol groups is 1. The first-order chi connectivity index (χ1) is 23.6. The number of aromatic amines is 1. The fraction of sp³-hybridized carbons (Fsp3) is 0.364. The Kier molecular flexibility index (Phi) is 10.5. The number of carbonyl (C=O) groups excluding carboxylic acids is 1. The van der Waals surface area contributed by atoms with E-state index in [1.807, 2.05) is 24.3 Å². The van der Waals surface area contributed by atoms with Gasteiger partial charge in [0.25, 0.3) is 0 Å². The summed E-state index contributed by atoms with van der Waals surface area (Å²) in [6.45, 7) is 4.04. The third-order valence-corrected chi connectivity index (χ3v) is 9.53. The van der Waals surface area contributed by atoms with Gasteiger partial charge < -0.3 is 19.7 Å². The van der Waals surface area contributed by atoms with E-state index in [9.17, 15) is 22.4 Å². The largest absolute Gasteiger partial charge is 0.480 e. The Labute approximate surface area is 281 Å². The standard InChI is InChI=1S/C33H35F3N6O6S/c34-23-8-10-41(19-23)42(49(46)47)28-7-6-27(35)30(31(28)36)32(45)26-18-38-33-25(26)16-22(17-37-33)21-2-4-24(5-3-21)40-13-11-39(12-14-40)9-1-15-48-20-29(43)44/h2-7,16-18,23,49H,1,8-15,19-20H2,(H,37,38)(H,43,44)/t23-/m1/s1. The van der Waals surface area contributed by atoms with Gasteiger partial charge in [-0.3, -0.25) is 9.69 Å². The lowest BCUT2D eigenvalue weighted by Crippen LogP contribution is -2.46. The minimum atomic E-state index is -3.47. The van der Waals surface area contributed by atoms with E-state index in [1.54, 1.807) is 12.3 Å². The zero-order valence-corrected chi connectivity index (χ0v) is 27.3. The monoisotopic (exact) mass is 700 g/mol. The molecule has 4 aromatic rings. The van der Waals surface area contributed by atoms with Crippen molar-refractivity contribution in [1.29, 1.82) is 0 Å². The van der Waals surface area contributed by atoms with Crippen molar-refractivity contribution in [3.05, 3.63) is 77.6 Å². The molecule has 0 spiro atoms. The lowest BCUT2D eigenvalue weighted by Gasteiger charge is -2.36. The Morgan fingerprint density at radius 3 is 2.47 bits per heavy atom. The Morgan fingerprint density at radius 2 is 1.80 bits per heavy atom. The van der Waals surface area contributed by atoms with Crippen molar-refractivity contribution in [2.45, 2.75) is 19.0 Å². The number of piperazine rings is 1. The molecule has 0 saturated carbocycles. The van der Waals surface area contributed by atoms with Crippen LogP contribution in [0, 0.1) is 11.6 Å². The molecule has 16 heteroatoms. The highest BCUT2D eigenvalue weighted by atomic mass is 32.2. The molecule has 2 fully saturated rings. The second-order valence-electron chi connectivity index (χ2n) is 11.9. The molecule has 0 unspecified atom stereocenters. The van der Waals surface area contributed by atoms with Gasteiger partial charge in [-0.25, -0.2) is 36.4 Å². The number of anilines is 2. The van der Waals surface area contributed by atoms with Gasteiger partial charge in [0.2, 0.25) is 16.7 Å². The van der Waals surface area contributed by atoms with Gasteiger partial charge in [-0.15, -0.1) is 0 Å². The molecular weight excluding hydrogens is 665 g/mol. The van der Waals surface area contributed by atoms with Crippen LogP contribution in [0.15, 0.2) is 54.9 Å². The topological polar surface area (TPSA) is 139 Å². The number of alkyl halides is 1. The first-order valence-electron chi connectivity index (χ1n) is 15.8. The van der Waals surface area contributed by atoms with Crippen molar-refractivity contribution < 1.29 is 41.0 Å². The van der Waals surface area contributed by atoms with Crippen LogP contribution < -0.4 is 9.31 Å². The summed E-state index contributed by atoms with van der Waals surface area (Å²) in [6, 6.07) is 11.3. The van der Waals surface area contributed by atoms with Gasteiger partial charge >= 0.3 is 5.97 Å². The molecule has 4 heterocycles. The van der Waals surface area contributed by atoms with Crippen LogP contribution in [0.4, 0.5) is 24.5 Å². The molecular formula is C33H35F3N6O6S. The summed E-state index contributed by atoms with van der Waals surface area (Å²) in [5.74, 6) is -4.52. The van der Waals surface area contributed by atoms with Crippen LogP contribution >= 0.6 is 0 Å². The number of rotatable bonds is 13. The first-order valence-corrected chi connectivity index (χ1v) is 16.9. The molecule has 12 nitrogen and oxygen atoms in total. The van der Waals surface area contributed by atoms with E-state index in [0.29, 0.717) is 27.6 Å². The third-order valence-electron chi connectivity index (χ3n) is 8.75. The van der Waals surface area contributed by atoms with E-state index in [2.05, 4.69) is 19.8 Å². The molecule has 2 aromatic heterocycles. The lowest BCUT2D eigenvalue weighted by atomic mass is 9.99. The van der Waals surface area contributed by atoms with Gasteiger partial charge in [0, 0.05) is 80.5 Å². The number of H-pyrrole nitrogens is 1. The quantitative estimate of drug-likeness (QED) is 0.108. The minimum absolute atomic E-state index is 0.00803. The van der Waals surface area contributed by atoms with Gasteiger partial charge in [-0.1, -0.05) is 12.1 Å². The lowest BCUT2D eigenvalue weighted by molar-refractivity contribution is -0.142. The van der Waals surface area contributed by atoms with Crippen molar-refractivity contribution >= 4 is 45.1 Å². The number of hydrogen-bond acceptors (Lipinski definition) is 9. The number of nitrogens with zero attached hydrogens (tertiary/aromatic N) is 5. The van der Waals surface area contributed by atoms with E-state index < -0.39 is 51.7 Å². The number of carbonyl (C=O) groups is 2. The number of hydrogen-bond donors (Lipinski definition) is 3. The molecule has 0 aliphatic carbocycles. The van der Waals surface area contributed by atoms with Crippen LogP contribution in [0.25, 0.3) is 22.2 Å². The van der Waals surface area contributed by atoms with E-state index in [0.717, 1.165) is 67.5 Å². The van der Waals surface area contributed by atoms with Crippen molar-refractivity contribution in [2.75, 3.05) is 68.3 Å². The van der Waals surface area contributed by atoms with Crippen molar-refractivity contribution in [3.8, 4) is 11.1 Å². The fourth-order valence-corrected chi connectivity index (χ4v) is 6.95. The van der Waals surface area contributed by atoms with Gasteiger partial charge in [0.1, 0.15) is 29.9 Å². The van der Waals surface area contributed by atoms with E-state index >= 15 is 8.78 Å². The zero-order valence-electron chi connectivity index (χ0n) is 26.4. The molecule has 2 aromatic carbocycles. The van der Waals surface area contributed by atoms with Gasteiger partial charge in [-0.2, -0.15) is 4.41 Å². The van der Waals surface area contributed by atoms with Crippen LogP contribution in [-0.4, -0.2) is 110 Å². The second kappa shape index (κ2) is 14.9. The fourth-order valence-electron chi connectivity index (χ4n) is 6.25. The van der Waals surface area contributed by atoms with E-state index in [4.69, 9.17) is 9.84 Å². The maximum atomic E-state index is 15.9. The van der Waals surface area contributed by atoms with Crippen LogP contribution in [0.1, 0.15) is 28.8 Å². The number of carboxylic acids is 1. The van der Waals surface area contributed by atoms with Gasteiger partial charge in [0.15, 0.2) is 5.82 Å². The number of carboxylic acid groups (broad SMARTS) is 1. The summed E-state index contributed by atoms with van der Waals surface area (Å²) < 4.78 is 74.7. The zero-order chi connectivity index (χ0) is 34.7. The maximum absolute atomic E-state index is 15.9. The van der Waals surface area contributed by atoms with Gasteiger partial charge in [-0.05, 0) is 48.7 Å². The first kappa shape index (κ1) is 34.4. The number of aromatic nitrogens is 2. The average Bonchev–Trinajstić information content (AvgIpc) is 3.71. The molecule has 6 rings (SSSR count). The molecule has 0 bridgehead atoms. The number of benzene rings is 2. The number of halogens is 3. The highest BCUT2D eigenvalue weighted by Gasteiger charge is 2.33. The summed E-state index contributed by atoms with van der Waals surface area (Å²) in [7, 11) is -3.47. The summed E-state index contributed by atoms with van der Waals surface area (Å²) in [5, 5.41) is 10.1. The molecule has 2 saturated heterocycles. The predicted molar refractivity (Wildman–Crippen MR) is 177 cm³/mol. The second-order valence-corrected chi connectivity index (χ2v) is 12.8. The Morgan fingerprint density at radius 1 is 1.04 bits per heavy atom. The summed E-state index contributed by atoms with van der Waals surface area (Å²) in [4.78, 5) is 36.1. The minimum Gasteiger partial charge on any atom is -0.480 e. The average molecular weight is 701 g/mol. The van der Waals surface area contributed by atoms with Crippen molar-refractivity contribution in [3.63, 3.8) is 0 Å².